The number of benzene rings is 3. The van der Waals surface area contributed by atoms with Crippen LogP contribution < -0.4 is 14.5 Å². The number of nitro groups is 1. The molecule has 0 aliphatic rings. The molecule has 0 fully saturated rings. The van der Waals surface area contributed by atoms with E-state index in [4.69, 9.17) is 9.47 Å². The molecule has 0 saturated carbocycles. The number of fused-ring (bicyclic) bond motifs is 1. The molecule has 0 spiro atoms. The van der Waals surface area contributed by atoms with E-state index in [0.29, 0.717) is 27.8 Å². The first kappa shape index (κ1) is 22.9. The second kappa shape index (κ2) is 9.67. The molecule has 4 aromatic rings. The van der Waals surface area contributed by atoms with E-state index < -0.39 is 10.8 Å². The van der Waals surface area contributed by atoms with Gasteiger partial charge in [-0.1, -0.05) is 17.4 Å². The predicted molar refractivity (Wildman–Crippen MR) is 131 cm³/mol. The van der Waals surface area contributed by atoms with Crippen LogP contribution in [0.15, 0.2) is 65.8 Å². The lowest BCUT2D eigenvalue weighted by Crippen LogP contribution is -2.25. The number of hydrazone groups is 1. The van der Waals surface area contributed by atoms with Gasteiger partial charge in [0.25, 0.3) is 11.6 Å². The third kappa shape index (κ3) is 4.71. The highest BCUT2D eigenvalue weighted by atomic mass is 32.1. The first-order chi connectivity index (χ1) is 16.4. The number of anilines is 1. The van der Waals surface area contributed by atoms with Crippen molar-refractivity contribution < 1.29 is 19.2 Å². The normalized spacial score (nSPS) is 11.0. The summed E-state index contributed by atoms with van der Waals surface area (Å²) in [6.07, 6.45) is 1.46. The van der Waals surface area contributed by atoms with Gasteiger partial charge in [0.2, 0.25) is 5.13 Å². The molecule has 0 aliphatic heterocycles. The van der Waals surface area contributed by atoms with Gasteiger partial charge >= 0.3 is 0 Å². The number of hydrogen-bond acceptors (Lipinski definition) is 8. The number of amides is 1. The van der Waals surface area contributed by atoms with Crippen LogP contribution in [0.5, 0.6) is 11.5 Å². The molecule has 1 aromatic heterocycles. The second-order valence-corrected chi connectivity index (χ2v) is 8.26. The lowest BCUT2D eigenvalue weighted by atomic mass is 10.2. The van der Waals surface area contributed by atoms with E-state index in [1.165, 1.54) is 48.9 Å². The molecule has 0 atom stereocenters. The van der Waals surface area contributed by atoms with Crippen molar-refractivity contribution in [2.24, 2.45) is 5.10 Å². The summed E-state index contributed by atoms with van der Waals surface area (Å²) >= 11 is 1.34. The Balaban J connectivity index is 1.75. The molecule has 34 heavy (non-hydrogen) atoms. The maximum atomic E-state index is 13.5. The number of aromatic nitrogens is 1. The standard InChI is InChI=1S/C24H20N4O5S/c1-15-4-10-19-22(12-15)34-24(26-19)27(25-14-16-5-8-18(9-6-16)28(30)31)23(29)17-7-11-20(32-2)21(13-17)33-3/h4-14H,1-3H3/b25-14+. The summed E-state index contributed by atoms with van der Waals surface area (Å²) in [5.41, 5.74) is 2.72. The minimum absolute atomic E-state index is 0.0306. The molecular formula is C24H20N4O5S. The zero-order chi connectivity index (χ0) is 24.2. The number of non-ortho nitro benzene ring substituents is 1. The van der Waals surface area contributed by atoms with E-state index in [2.05, 4.69) is 10.1 Å². The molecule has 9 nitrogen and oxygen atoms in total. The third-order valence-corrected chi connectivity index (χ3v) is 5.96. The number of carbonyl (C=O) groups is 1. The largest absolute Gasteiger partial charge is 0.493 e. The monoisotopic (exact) mass is 476 g/mol. The smallest absolute Gasteiger partial charge is 0.280 e. The average Bonchev–Trinajstić information content (AvgIpc) is 3.26. The van der Waals surface area contributed by atoms with Crippen molar-refractivity contribution in [3.8, 4) is 11.5 Å². The molecule has 0 aliphatic carbocycles. The second-order valence-electron chi connectivity index (χ2n) is 7.25. The number of carbonyl (C=O) groups excluding carboxylic acids is 1. The van der Waals surface area contributed by atoms with E-state index in [1.807, 2.05) is 25.1 Å². The number of rotatable bonds is 7. The SMILES string of the molecule is COc1ccc(C(=O)N(/N=C/c2ccc([N+](=O)[O-])cc2)c2nc3ccc(C)cc3s2)cc1OC. The summed E-state index contributed by atoms with van der Waals surface area (Å²) < 4.78 is 11.5. The van der Waals surface area contributed by atoms with Gasteiger partial charge in [-0.25, -0.2) is 4.98 Å². The molecule has 0 N–H and O–H groups in total. The Morgan fingerprint density at radius 3 is 2.47 bits per heavy atom. The van der Waals surface area contributed by atoms with Crippen LogP contribution in [-0.4, -0.2) is 36.2 Å². The van der Waals surface area contributed by atoms with Crippen LogP contribution in [0.2, 0.25) is 0 Å². The Labute approximate surface area is 199 Å². The number of ether oxygens (including phenoxy) is 2. The van der Waals surface area contributed by atoms with Gasteiger partial charge in [0, 0.05) is 17.7 Å². The van der Waals surface area contributed by atoms with E-state index in [9.17, 15) is 14.9 Å². The van der Waals surface area contributed by atoms with Crippen LogP contribution in [0.25, 0.3) is 10.2 Å². The van der Waals surface area contributed by atoms with Gasteiger partial charge in [-0.2, -0.15) is 10.1 Å². The minimum atomic E-state index is -0.475. The lowest BCUT2D eigenvalue weighted by Gasteiger charge is -2.15. The molecule has 10 heteroatoms. The summed E-state index contributed by atoms with van der Waals surface area (Å²) in [6.45, 7) is 1.98. The molecule has 0 unspecified atom stereocenters. The Morgan fingerprint density at radius 2 is 1.79 bits per heavy atom. The fourth-order valence-corrected chi connectivity index (χ4v) is 4.22. The third-order valence-electron chi connectivity index (χ3n) is 4.96. The van der Waals surface area contributed by atoms with Gasteiger partial charge < -0.3 is 9.47 Å². The Bertz CT molecular complexity index is 1400. The Hall–Kier alpha value is -4.31. The lowest BCUT2D eigenvalue weighted by molar-refractivity contribution is -0.384. The van der Waals surface area contributed by atoms with Crippen LogP contribution in [0, 0.1) is 17.0 Å². The zero-order valence-corrected chi connectivity index (χ0v) is 19.4. The maximum Gasteiger partial charge on any atom is 0.280 e. The number of hydrogen-bond donors (Lipinski definition) is 0. The molecule has 1 amide bonds. The van der Waals surface area contributed by atoms with Crippen molar-refractivity contribution in [1.29, 1.82) is 0 Å². The summed E-state index contributed by atoms with van der Waals surface area (Å²) in [5, 5.41) is 16.9. The summed E-state index contributed by atoms with van der Waals surface area (Å²) in [6, 6.07) is 16.6. The van der Waals surface area contributed by atoms with Crippen LogP contribution in [0.3, 0.4) is 0 Å². The number of nitrogens with zero attached hydrogens (tertiary/aromatic N) is 4. The maximum absolute atomic E-state index is 13.5. The molecule has 4 rings (SSSR count). The fourth-order valence-electron chi connectivity index (χ4n) is 3.20. The van der Waals surface area contributed by atoms with Crippen molar-refractivity contribution in [1.82, 2.24) is 4.98 Å². The van der Waals surface area contributed by atoms with Gasteiger partial charge in [-0.05, 0) is 60.5 Å². The van der Waals surface area contributed by atoms with Crippen LogP contribution in [0.4, 0.5) is 10.8 Å². The fraction of sp³-hybridized carbons (Fsp3) is 0.125. The van der Waals surface area contributed by atoms with Crippen LogP contribution in [-0.2, 0) is 0 Å². The van der Waals surface area contributed by atoms with Crippen molar-refractivity contribution in [3.05, 3.63) is 87.5 Å². The van der Waals surface area contributed by atoms with Gasteiger partial charge in [0.1, 0.15) is 0 Å². The highest BCUT2D eigenvalue weighted by Crippen LogP contribution is 2.32. The molecule has 1 heterocycles. The summed E-state index contributed by atoms with van der Waals surface area (Å²) in [7, 11) is 3.01. The van der Waals surface area contributed by atoms with E-state index in [1.54, 1.807) is 30.3 Å². The van der Waals surface area contributed by atoms with Crippen LogP contribution in [0.1, 0.15) is 21.5 Å². The number of nitro benzene ring substituents is 1. The predicted octanol–water partition coefficient (Wildman–Crippen LogP) is 5.21. The van der Waals surface area contributed by atoms with Gasteiger partial charge in [-0.3, -0.25) is 14.9 Å². The first-order valence-corrected chi connectivity index (χ1v) is 10.9. The van der Waals surface area contributed by atoms with Crippen molar-refractivity contribution >= 4 is 44.5 Å². The molecular weight excluding hydrogens is 456 g/mol. The van der Waals surface area contributed by atoms with Crippen molar-refractivity contribution in [2.45, 2.75) is 6.92 Å². The zero-order valence-electron chi connectivity index (χ0n) is 18.6. The molecule has 172 valence electrons. The highest BCUT2D eigenvalue weighted by Gasteiger charge is 2.22. The summed E-state index contributed by atoms with van der Waals surface area (Å²) in [5.74, 6) is 0.484. The molecule has 0 saturated heterocycles. The highest BCUT2D eigenvalue weighted by molar-refractivity contribution is 7.22. The Kier molecular flexibility index (Phi) is 6.51. The molecule has 0 radical (unpaired) electrons. The quantitative estimate of drug-likeness (QED) is 0.206. The van der Waals surface area contributed by atoms with Gasteiger partial charge in [0.05, 0.1) is 35.6 Å². The Morgan fingerprint density at radius 1 is 1.06 bits per heavy atom. The summed E-state index contributed by atoms with van der Waals surface area (Å²) in [4.78, 5) is 28.5. The number of methoxy groups -OCH3 is 2. The van der Waals surface area contributed by atoms with E-state index >= 15 is 0 Å². The average molecular weight is 477 g/mol. The van der Waals surface area contributed by atoms with Crippen molar-refractivity contribution in [3.63, 3.8) is 0 Å². The number of aryl methyl sites for hydroxylation is 1. The minimum Gasteiger partial charge on any atom is -0.493 e. The molecule has 0 bridgehead atoms. The topological polar surface area (TPSA) is 107 Å². The van der Waals surface area contributed by atoms with Gasteiger partial charge in [-0.15, -0.1) is 0 Å². The van der Waals surface area contributed by atoms with Gasteiger partial charge in [0.15, 0.2) is 11.5 Å². The first-order valence-electron chi connectivity index (χ1n) is 10.1. The van der Waals surface area contributed by atoms with E-state index in [0.717, 1.165) is 15.8 Å². The molecule has 3 aromatic carbocycles. The number of thiazole rings is 1. The van der Waals surface area contributed by atoms with E-state index in [-0.39, 0.29) is 5.69 Å². The van der Waals surface area contributed by atoms with Crippen molar-refractivity contribution in [2.75, 3.05) is 19.2 Å². The van der Waals surface area contributed by atoms with Crippen LogP contribution >= 0.6 is 11.3 Å².